The second kappa shape index (κ2) is 5.67. The third kappa shape index (κ3) is 2.57. The van der Waals surface area contributed by atoms with Crippen LogP contribution in [0.4, 0.5) is 0 Å². The molecule has 1 saturated heterocycles. The largest absolute Gasteiger partial charge is 0.468 e. The van der Waals surface area contributed by atoms with E-state index in [9.17, 15) is 4.79 Å². The normalized spacial score (nSPS) is 28.9. The summed E-state index contributed by atoms with van der Waals surface area (Å²) < 4.78 is 4.85. The smallest absolute Gasteiger partial charge is 0.323 e. The van der Waals surface area contributed by atoms with Crippen LogP contribution >= 0.6 is 0 Å². The number of hydrogen-bond acceptors (Lipinski definition) is 3. The van der Waals surface area contributed by atoms with E-state index in [0.717, 1.165) is 13.0 Å². The summed E-state index contributed by atoms with van der Waals surface area (Å²) in [6.45, 7) is 1.09. The summed E-state index contributed by atoms with van der Waals surface area (Å²) in [5, 5.41) is 0. The van der Waals surface area contributed by atoms with Crippen LogP contribution in [0.5, 0.6) is 0 Å². The molecule has 0 N–H and O–H groups in total. The second-order valence-corrected chi connectivity index (χ2v) is 5.06. The SMILES string of the molecule is COC(=O)C1CCN1C1CCCCCCC1. The van der Waals surface area contributed by atoms with Gasteiger partial charge in [0.2, 0.25) is 0 Å². The number of carbonyl (C=O) groups is 1. The average molecular weight is 225 g/mol. The molecule has 16 heavy (non-hydrogen) atoms. The second-order valence-electron chi connectivity index (χ2n) is 5.06. The van der Waals surface area contributed by atoms with E-state index in [4.69, 9.17) is 4.74 Å². The number of methoxy groups -OCH3 is 1. The first kappa shape index (κ1) is 11.9. The molecule has 3 heteroatoms. The van der Waals surface area contributed by atoms with Crippen LogP contribution < -0.4 is 0 Å². The Hall–Kier alpha value is -0.570. The molecule has 1 unspecified atom stereocenters. The lowest BCUT2D eigenvalue weighted by atomic mass is 9.90. The standard InChI is InChI=1S/C13H23NO2/c1-16-13(15)12-9-10-14(12)11-7-5-3-2-4-6-8-11/h11-12H,2-10H2,1H3. The zero-order valence-electron chi connectivity index (χ0n) is 10.3. The Kier molecular flexibility index (Phi) is 4.22. The van der Waals surface area contributed by atoms with Gasteiger partial charge in [-0.2, -0.15) is 0 Å². The van der Waals surface area contributed by atoms with Crippen LogP contribution in [0, 0.1) is 0 Å². The molecule has 2 aliphatic rings. The number of carbonyl (C=O) groups excluding carboxylic acids is 1. The molecule has 1 heterocycles. The van der Waals surface area contributed by atoms with Crippen LogP contribution in [-0.2, 0) is 9.53 Å². The van der Waals surface area contributed by atoms with Crippen molar-refractivity contribution < 1.29 is 9.53 Å². The Morgan fingerprint density at radius 3 is 2.19 bits per heavy atom. The van der Waals surface area contributed by atoms with Crippen molar-refractivity contribution in [3.8, 4) is 0 Å². The summed E-state index contributed by atoms with van der Waals surface area (Å²) in [4.78, 5) is 13.9. The lowest BCUT2D eigenvalue weighted by Crippen LogP contribution is -2.57. The molecule has 1 aliphatic heterocycles. The van der Waals surface area contributed by atoms with Gasteiger partial charge in [-0.15, -0.1) is 0 Å². The molecular formula is C13H23NO2. The van der Waals surface area contributed by atoms with E-state index in [2.05, 4.69) is 4.90 Å². The minimum atomic E-state index is -0.0340. The van der Waals surface area contributed by atoms with E-state index in [1.807, 2.05) is 0 Å². The van der Waals surface area contributed by atoms with Gasteiger partial charge in [0.1, 0.15) is 6.04 Å². The van der Waals surface area contributed by atoms with Gasteiger partial charge in [0.05, 0.1) is 7.11 Å². The molecule has 3 nitrogen and oxygen atoms in total. The summed E-state index contributed by atoms with van der Waals surface area (Å²) in [6.07, 6.45) is 10.3. The monoisotopic (exact) mass is 225 g/mol. The van der Waals surface area contributed by atoms with E-state index in [-0.39, 0.29) is 12.0 Å². The number of esters is 1. The third-order valence-electron chi connectivity index (χ3n) is 4.08. The van der Waals surface area contributed by atoms with Crippen LogP contribution in [0.25, 0.3) is 0 Å². The van der Waals surface area contributed by atoms with Gasteiger partial charge in [-0.1, -0.05) is 32.1 Å². The van der Waals surface area contributed by atoms with Crippen molar-refractivity contribution in [2.24, 2.45) is 0 Å². The molecule has 0 aromatic carbocycles. The van der Waals surface area contributed by atoms with Crippen molar-refractivity contribution in [2.45, 2.75) is 63.5 Å². The van der Waals surface area contributed by atoms with Gasteiger partial charge in [0, 0.05) is 12.6 Å². The molecule has 0 radical (unpaired) electrons. The van der Waals surface area contributed by atoms with E-state index < -0.39 is 0 Å². The molecule has 1 aliphatic carbocycles. The van der Waals surface area contributed by atoms with Crippen molar-refractivity contribution in [3.63, 3.8) is 0 Å². The molecule has 0 bridgehead atoms. The van der Waals surface area contributed by atoms with Crippen LogP contribution in [0.2, 0.25) is 0 Å². The molecule has 2 fully saturated rings. The number of rotatable bonds is 2. The Balaban J connectivity index is 1.87. The van der Waals surface area contributed by atoms with Crippen LogP contribution in [0.1, 0.15) is 51.4 Å². The topological polar surface area (TPSA) is 29.5 Å². The van der Waals surface area contributed by atoms with Gasteiger partial charge in [-0.25, -0.2) is 0 Å². The van der Waals surface area contributed by atoms with Gasteiger partial charge in [-0.3, -0.25) is 9.69 Å². The predicted octanol–water partition coefficient (Wildman–Crippen LogP) is 2.35. The summed E-state index contributed by atoms with van der Waals surface area (Å²) in [7, 11) is 1.50. The zero-order valence-corrected chi connectivity index (χ0v) is 10.3. The maximum atomic E-state index is 11.5. The highest BCUT2D eigenvalue weighted by Gasteiger charge is 2.38. The summed E-state index contributed by atoms with van der Waals surface area (Å²) in [6, 6.07) is 0.701. The van der Waals surface area contributed by atoms with E-state index in [1.165, 1.54) is 52.1 Å². The van der Waals surface area contributed by atoms with E-state index >= 15 is 0 Å². The molecule has 0 amide bonds. The van der Waals surface area contributed by atoms with Crippen molar-refractivity contribution in [3.05, 3.63) is 0 Å². The zero-order chi connectivity index (χ0) is 11.4. The van der Waals surface area contributed by atoms with Crippen LogP contribution in [-0.4, -0.2) is 36.6 Å². The number of ether oxygens (including phenoxy) is 1. The first-order chi connectivity index (χ1) is 7.83. The maximum Gasteiger partial charge on any atom is 0.323 e. The van der Waals surface area contributed by atoms with Gasteiger partial charge in [-0.05, 0) is 19.3 Å². The van der Waals surface area contributed by atoms with Crippen molar-refractivity contribution in [1.82, 2.24) is 4.90 Å². The highest BCUT2D eigenvalue weighted by Crippen LogP contribution is 2.29. The Bertz CT molecular complexity index is 234. The van der Waals surface area contributed by atoms with Crippen molar-refractivity contribution in [1.29, 1.82) is 0 Å². The minimum Gasteiger partial charge on any atom is -0.468 e. The summed E-state index contributed by atoms with van der Waals surface area (Å²) >= 11 is 0. The predicted molar refractivity (Wildman–Crippen MR) is 63.2 cm³/mol. The molecule has 0 aromatic heterocycles. The average Bonchev–Trinajstić information content (AvgIpc) is 2.19. The molecule has 92 valence electrons. The van der Waals surface area contributed by atoms with Gasteiger partial charge in [0.25, 0.3) is 0 Å². The Morgan fingerprint density at radius 1 is 1.06 bits per heavy atom. The first-order valence-corrected chi connectivity index (χ1v) is 6.66. The molecule has 0 spiro atoms. The van der Waals surface area contributed by atoms with Gasteiger partial charge in [0.15, 0.2) is 0 Å². The maximum absolute atomic E-state index is 11.5. The fourth-order valence-electron chi connectivity index (χ4n) is 3.00. The Morgan fingerprint density at radius 2 is 1.69 bits per heavy atom. The number of likely N-dealkylation sites (tertiary alicyclic amines) is 1. The van der Waals surface area contributed by atoms with Gasteiger partial charge >= 0.3 is 5.97 Å². The van der Waals surface area contributed by atoms with Crippen molar-refractivity contribution >= 4 is 5.97 Å². The molecule has 1 atom stereocenters. The lowest BCUT2D eigenvalue weighted by molar-refractivity contribution is -0.154. The van der Waals surface area contributed by atoms with Crippen LogP contribution in [0.15, 0.2) is 0 Å². The van der Waals surface area contributed by atoms with Crippen LogP contribution in [0.3, 0.4) is 0 Å². The Labute approximate surface area is 98.1 Å². The summed E-state index contributed by atoms with van der Waals surface area (Å²) in [5.74, 6) is -0.0340. The van der Waals surface area contributed by atoms with Crippen molar-refractivity contribution in [2.75, 3.05) is 13.7 Å². The molecule has 2 rings (SSSR count). The summed E-state index contributed by atoms with van der Waals surface area (Å²) in [5.41, 5.74) is 0. The highest BCUT2D eigenvalue weighted by molar-refractivity contribution is 5.76. The lowest BCUT2D eigenvalue weighted by Gasteiger charge is -2.45. The highest BCUT2D eigenvalue weighted by atomic mass is 16.5. The van der Waals surface area contributed by atoms with E-state index in [0.29, 0.717) is 6.04 Å². The quantitative estimate of drug-likeness (QED) is 0.676. The number of hydrogen-bond donors (Lipinski definition) is 0. The fraction of sp³-hybridized carbons (Fsp3) is 0.923. The third-order valence-corrected chi connectivity index (χ3v) is 4.08. The van der Waals surface area contributed by atoms with Gasteiger partial charge < -0.3 is 4.74 Å². The first-order valence-electron chi connectivity index (χ1n) is 6.66. The molecule has 1 saturated carbocycles. The fourth-order valence-corrected chi connectivity index (χ4v) is 3.00. The molecule has 0 aromatic rings. The minimum absolute atomic E-state index is 0.0340. The molecular weight excluding hydrogens is 202 g/mol. The number of nitrogens with zero attached hydrogens (tertiary/aromatic N) is 1. The van der Waals surface area contributed by atoms with E-state index in [1.54, 1.807) is 0 Å².